The maximum atomic E-state index is 5.55. The Hall–Kier alpha value is -0.120. The highest BCUT2D eigenvalue weighted by atomic mass is 16.5. The third-order valence-electron chi connectivity index (χ3n) is 2.38. The summed E-state index contributed by atoms with van der Waals surface area (Å²) < 4.78 is 5.55. The number of rotatable bonds is 4. The lowest BCUT2D eigenvalue weighted by Crippen LogP contribution is -2.39. The van der Waals surface area contributed by atoms with Gasteiger partial charge in [0, 0.05) is 32.8 Å². The van der Waals surface area contributed by atoms with Gasteiger partial charge in [0.25, 0.3) is 0 Å². The van der Waals surface area contributed by atoms with Crippen molar-refractivity contribution in [2.24, 2.45) is 5.73 Å². The van der Waals surface area contributed by atoms with Crippen molar-refractivity contribution in [1.29, 1.82) is 0 Å². The molecule has 2 N–H and O–H groups in total. The van der Waals surface area contributed by atoms with E-state index in [9.17, 15) is 0 Å². The smallest absolute Gasteiger partial charge is 0.0599 e. The van der Waals surface area contributed by atoms with E-state index in [2.05, 4.69) is 11.8 Å². The average Bonchev–Trinajstić information content (AvgIpc) is 2.09. The average molecular weight is 172 g/mol. The summed E-state index contributed by atoms with van der Waals surface area (Å²) in [7, 11) is 0. The van der Waals surface area contributed by atoms with E-state index < -0.39 is 0 Å². The van der Waals surface area contributed by atoms with Gasteiger partial charge in [-0.1, -0.05) is 0 Å². The summed E-state index contributed by atoms with van der Waals surface area (Å²) in [6.45, 7) is 7.04. The Bertz CT molecular complexity index is 97.1. The quantitative estimate of drug-likeness (QED) is 0.669. The van der Waals surface area contributed by atoms with E-state index in [1.165, 1.54) is 12.8 Å². The largest absolute Gasteiger partial charge is 0.378 e. The third kappa shape index (κ3) is 3.09. The molecule has 3 heteroatoms. The van der Waals surface area contributed by atoms with Crippen LogP contribution in [-0.2, 0) is 4.74 Å². The zero-order valence-corrected chi connectivity index (χ0v) is 7.96. The van der Waals surface area contributed by atoms with E-state index in [1.54, 1.807) is 0 Å². The number of nitrogens with zero attached hydrogens (tertiary/aromatic N) is 1. The molecule has 1 rings (SSSR count). The summed E-state index contributed by atoms with van der Waals surface area (Å²) in [6, 6.07) is 0. The molecule has 1 saturated heterocycles. The van der Waals surface area contributed by atoms with E-state index in [0.29, 0.717) is 6.10 Å². The molecule has 72 valence electrons. The molecule has 0 aromatic rings. The van der Waals surface area contributed by atoms with E-state index in [0.717, 1.165) is 32.8 Å². The van der Waals surface area contributed by atoms with Crippen molar-refractivity contribution in [3.05, 3.63) is 0 Å². The van der Waals surface area contributed by atoms with Gasteiger partial charge in [0.1, 0.15) is 0 Å². The van der Waals surface area contributed by atoms with Crippen molar-refractivity contribution in [3.63, 3.8) is 0 Å². The minimum Gasteiger partial charge on any atom is -0.378 e. The Morgan fingerprint density at radius 1 is 1.42 bits per heavy atom. The molecular formula is C9H20N2O. The summed E-state index contributed by atoms with van der Waals surface area (Å²) >= 11 is 0. The molecule has 1 aliphatic rings. The second-order valence-corrected chi connectivity index (χ2v) is 3.29. The molecule has 0 aromatic heterocycles. The Morgan fingerprint density at radius 3 is 2.58 bits per heavy atom. The van der Waals surface area contributed by atoms with Gasteiger partial charge >= 0.3 is 0 Å². The van der Waals surface area contributed by atoms with Crippen LogP contribution in [0.25, 0.3) is 0 Å². The lowest BCUT2D eigenvalue weighted by atomic mass is 10.1. The fourth-order valence-electron chi connectivity index (χ4n) is 1.72. The lowest BCUT2D eigenvalue weighted by Gasteiger charge is -2.31. The third-order valence-corrected chi connectivity index (χ3v) is 2.38. The number of likely N-dealkylation sites (tertiary alicyclic amines) is 1. The molecule has 1 heterocycles. The van der Waals surface area contributed by atoms with Gasteiger partial charge in [-0.2, -0.15) is 0 Å². The maximum Gasteiger partial charge on any atom is 0.0599 e. The van der Waals surface area contributed by atoms with Crippen LogP contribution in [0.2, 0.25) is 0 Å². The minimum absolute atomic E-state index is 0.504. The highest BCUT2D eigenvalue weighted by molar-refractivity contribution is 4.72. The van der Waals surface area contributed by atoms with Crippen LogP contribution in [-0.4, -0.2) is 43.8 Å². The molecule has 0 unspecified atom stereocenters. The number of hydrogen-bond donors (Lipinski definition) is 1. The molecule has 0 spiro atoms. The fourth-order valence-corrected chi connectivity index (χ4v) is 1.72. The maximum absolute atomic E-state index is 5.55. The van der Waals surface area contributed by atoms with Crippen molar-refractivity contribution < 1.29 is 4.74 Å². The highest BCUT2D eigenvalue weighted by Gasteiger charge is 2.17. The second kappa shape index (κ2) is 5.51. The van der Waals surface area contributed by atoms with Gasteiger partial charge in [0.15, 0.2) is 0 Å². The molecule has 1 aliphatic heterocycles. The first-order chi connectivity index (χ1) is 5.86. The number of hydrogen-bond acceptors (Lipinski definition) is 3. The normalized spacial score (nSPS) is 21.5. The molecule has 12 heavy (non-hydrogen) atoms. The van der Waals surface area contributed by atoms with Gasteiger partial charge < -0.3 is 15.4 Å². The van der Waals surface area contributed by atoms with Crippen LogP contribution >= 0.6 is 0 Å². The molecular weight excluding hydrogens is 152 g/mol. The zero-order valence-electron chi connectivity index (χ0n) is 7.96. The number of piperidine rings is 1. The first-order valence-corrected chi connectivity index (χ1v) is 4.90. The Labute approximate surface area is 74.9 Å². The molecule has 0 bridgehead atoms. The molecule has 1 fully saturated rings. The lowest BCUT2D eigenvalue weighted by molar-refractivity contribution is 0.0150. The van der Waals surface area contributed by atoms with Crippen LogP contribution in [0.1, 0.15) is 19.8 Å². The summed E-state index contributed by atoms with van der Waals surface area (Å²) in [5, 5.41) is 0. The standard InChI is InChI=1S/C9H20N2O/c1-2-12-9-3-6-11(7-4-9)8-5-10/h9H,2-8,10H2,1H3. The summed E-state index contributed by atoms with van der Waals surface area (Å²) in [4.78, 5) is 2.41. The second-order valence-electron chi connectivity index (χ2n) is 3.29. The first-order valence-electron chi connectivity index (χ1n) is 4.90. The SMILES string of the molecule is CCOC1CCN(CCN)CC1. The van der Waals surface area contributed by atoms with Gasteiger partial charge in [-0.05, 0) is 19.8 Å². The van der Waals surface area contributed by atoms with Crippen LogP contribution in [0.5, 0.6) is 0 Å². The predicted octanol–water partition coefficient (Wildman–Crippen LogP) is 0.446. The van der Waals surface area contributed by atoms with Crippen LogP contribution in [0.15, 0.2) is 0 Å². The van der Waals surface area contributed by atoms with Crippen molar-refractivity contribution in [1.82, 2.24) is 4.90 Å². The highest BCUT2D eigenvalue weighted by Crippen LogP contribution is 2.12. The van der Waals surface area contributed by atoms with Crippen LogP contribution in [0.4, 0.5) is 0 Å². The number of nitrogens with two attached hydrogens (primary N) is 1. The first kappa shape index (κ1) is 9.96. The minimum atomic E-state index is 0.504. The molecule has 0 radical (unpaired) electrons. The monoisotopic (exact) mass is 172 g/mol. The topological polar surface area (TPSA) is 38.5 Å². The van der Waals surface area contributed by atoms with Crippen LogP contribution in [0.3, 0.4) is 0 Å². The Balaban J connectivity index is 2.11. The molecule has 0 atom stereocenters. The Kier molecular flexibility index (Phi) is 4.58. The predicted molar refractivity (Wildman–Crippen MR) is 50.1 cm³/mol. The van der Waals surface area contributed by atoms with Gasteiger partial charge in [-0.3, -0.25) is 0 Å². The van der Waals surface area contributed by atoms with Gasteiger partial charge in [0.2, 0.25) is 0 Å². The van der Waals surface area contributed by atoms with Crippen LogP contribution < -0.4 is 5.73 Å². The van der Waals surface area contributed by atoms with Crippen molar-refractivity contribution in [2.45, 2.75) is 25.9 Å². The molecule has 3 nitrogen and oxygen atoms in total. The summed E-state index contributed by atoms with van der Waals surface area (Å²) in [6.07, 6.45) is 2.85. The number of ether oxygens (including phenoxy) is 1. The van der Waals surface area contributed by atoms with Crippen molar-refractivity contribution in [2.75, 3.05) is 32.8 Å². The van der Waals surface area contributed by atoms with E-state index >= 15 is 0 Å². The molecule has 0 amide bonds. The zero-order chi connectivity index (χ0) is 8.81. The van der Waals surface area contributed by atoms with Crippen molar-refractivity contribution >= 4 is 0 Å². The fraction of sp³-hybridized carbons (Fsp3) is 1.00. The van der Waals surface area contributed by atoms with Gasteiger partial charge in [-0.15, -0.1) is 0 Å². The van der Waals surface area contributed by atoms with Gasteiger partial charge in [0.05, 0.1) is 6.10 Å². The van der Waals surface area contributed by atoms with E-state index in [-0.39, 0.29) is 0 Å². The van der Waals surface area contributed by atoms with Crippen LogP contribution in [0, 0.1) is 0 Å². The summed E-state index contributed by atoms with van der Waals surface area (Å²) in [5.74, 6) is 0. The Morgan fingerprint density at radius 2 is 2.08 bits per heavy atom. The van der Waals surface area contributed by atoms with E-state index in [4.69, 9.17) is 10.5 Å². The molecule has 0 saturated carbocycles. The molecule has 0 aliphatic carbocycles. The van der Waals surface area contributed by atoms with Gasteiger partial charge in [-0.25, -0.2) is 0 Å². The van der Waals surface area contributed by atoms with E-state index in [1.807, 2.05) is 0 Å². The molecule has 0 aromatic carbocycles. The van der Waals surface area contributed by atoms with Crippen molar-refractivity contribution in [3.8, 4) is 0 Å². The summed E-state index contributed by atoms with van der Waals surface area (Å²) in [5.41, 5.74) is 5.48.